The molecule has 1 aliphatic heterocycles. The molecule has 3 aromatic rings. The van der Waals surface area contributed by atoms with Gasteiger partial charge < -0.3 is 26.0 Å². The third kappa shape index (κ3) is 4.43. The summed E-state index contributed by atoms with van der Waals surface area (Å²) in [5.41, 5.74) is 16.2. The number of rotatable bonds is 4. The minimum Gasteiger partial charge on any atom is -0.411 e. The molecule has 1 heterocycles. The number of benzene rings is 3. The Labute approximate surface area is 170 Å². The number of hydrogen-bond acceptors (Lipinski definition) is 5. The molecule has 0 radical (unpaired) electrons. The molecular formula is C23H24N4O2. The van der Waals surface area contributed by atoms with Crippen LogP contribution in [-0.4, -0.2) is 32.3 Å². The van der Waals surface area contributed by atoms with Crippen molar-refractivity contribution < 1.29 is 9.53 Å². The highest BCUT2D eigenvalue weighted by atomic mass is 16.5. The fourth-order valence-electron chi connectivity index (χ4n) is 3.60. The number of ether oxygens (including phenoxy) is 1. The van der Waals surface area contributed by atoms with Crippen LogP contribution in [-0.2, 0) is 0 Å². The summed E-state index contributed by atoms with van der Waals surface area (Å²) in [7, 11) is 0. The number of primary amides is 1. The molecule has 1 fully saturated rings. The van der Waals surface area contributed by atoms with Gasteiger partial charge in [0.1, 0.15) is 5.75 Å². The molecule has 0 spiro atoms. The van der Waals surface area contributed by atoms with Crippen molar-refractivity contribution in [3.63, 3.8) is 0 Å². The number of amides is 1. The van der Waals surface area contributed by atoms with Gasteiger partial charge in [-0.15, -0.1) is 0 Å². The van der Waals surface area contributed by atoms with Crippen molar-refractivity contribution in [2.45, 2.75) is 0 Å². The first kappa shape index (κ1) is 18.7. The van der Waals surface area contributed by atoms with Crippen LogP contribution in [0.5, 0.6) is 5.75 Å². The van der Waals surface area contributed by atoms with E-state index in [4.69, 9.17) is 16.2 Å². The Hall–Kier alpha value is -3.67. The highest BCUT2D eigenvalue weighted by Crippen LogP contribution is 2.26. The minimum absolute atomic E-state index is 0.442. The largest absolute Gasteiger partial charge is 0.411 e. The molecule has 0 atom stereocenters. The zero-order valence-electron chi connectivity index (χ0n) is 16.1. The molecule has 0 aliphatic carbocycles. The summed E-state index contributed by atoms with van der Waals surface area (Å²) in [4.78, 5) is 15.6. The fraction of sp³-hybridized carbons (Fsp3) is 0.174. The van der Waals surface area contributed by atoms with Crippen LogP contribution in [0.2, 0.25) is 0 Å². The second-order valence-corrected chi connectivity index (χ2v) is 7.06. The molecule has 148 valence electrons. The van der Waals surface area contributed by atoms with Gasteiger partial charge in [0.15, 0.2) is 0 Å². The van der Waals surface area contributed by atoms with Crippen LogP contribution in [0.1, 0.15) is 0 Å². The second kappa shape index (κ2) is 8.14. The fourth-order valence-corrected chi connectivity index (χ4v) is 3.60. The van der Waals surface area contributed by atoms with E-state index in [0.717, 1.165) is 43.0 Å². The van der Waals surface area contributed by atoms with Crippen LogP contribution in [0.4, 0.5) is 21.9 Å². The molecule has 4 N–H and O–H groups in total. The van der Waals surface area contributed by atoms with Gasteiger partial charge in [0.2, 0.25) is 0 Å². The Morgan fingerprint density at radius 3 is 1.55 bits per heavy atom. The highest BCUT2D eigenvalue weighted by Gasteiger charge is 2.17. The van der Waals surface area contributed by atoms with Crippen LogP contribution in [0, 0.1) is 0 Å². The predicted octanol–water partition coefficient (Wildman–Crippen LogP) is 3.72. The number of nitrogens with two attached hydrogens (primary N) is 2. The van der Waals surface area contributed by atoms with Gasteiger partial charge in [0, 0.05) is 43.2 Å². The second-order valence-electron chi connectivity index (χ2n) is 7.06. The van der Waals surface area contributed by atoms with Crippen LogP contribution in [0.15, 0.2) is 72.8 Å². The summed E-state index contributed by atoms with van der Waals surface area (Å²) in [6.07, 6.45) is -0.807. The average molecular weight is 388 g/mol. The molecule has 0 unspecified atom stereocenters. The van der Waals surface area contributed by atoms with Gasteiger partial charge in [0.05, 0.1) is 0 Å². The first-order chi connectivity index (χ1) is 14.1. The zero-order valence-corrected chi connectivity index (χ0v) is 16.1. The Morgan fingerprint density at radius 1 is 0.690 bits per heavy atom. The van der Waals surface area contributed by atoms with E-state index in [2.05, 4.69) is 46.2 Å². The Morgan fingerprint density at radius 2 is 1.10 bits per heavy atom. The van der Waals surface area contributed by atoms with E-state index in [0.29, 0.717) is 5.75 Å². The number of carbonyl (C=O) groups is 1. The van der Waals surface area contributed by atoms with E-state index in [9.17, 15) is 4.79 Å². The van der Waals surface area contributed by atoms with Gasteiger partial charge in [0.25, 0.3) is 0 Å². The SMILES string of the molecule is NC(=O)Oc1ccc(-c2ccc(N3CCN(c4ccc(N)cc4)CC3)cc2)cc1. The van der Waals surface area contributed by atoms with Crippen molar-refractivity contribution in [3.05, 3.63) is 72.8 Å². The molecule has 29 heavy (non-hydrogen) atoms. The van der Waals surface area contributed by atoms with Gasteiger partial charge in [-0.25, -0.2) is 4.79 Å². The lowest BCUT2D eigenvalue weighted by Crippen LogP contribution is -2.46. The maximum Gasteiger partial charge on any atom is 0.409 e. The Balaban J connectivity index is 1.38. The van der Waals surface area contributed by atoms with Crippen LogP contribution in [0.25, 0.3) is 11.1 Å². The normalized spacial score (nSPS) is 13.9. The summed E-state index contributed by atoms with van der Waals surface area (Å²) >= 11 is 0. The quantitative estimate of drug-likeness (QED) is 0.666. The summed E-state index contributed by atoms with van der Waals surface area (Å²) in [6.45, 7) is 3.91. The predicted molar refractivity (Wildman–Crippen MR) is 117 cm³/mol. The van der Waals surface area contributed by atoms with Gasteiger partial charge >= 0.3 is 6.09 Å². The topological polar surface area (TPSA) is 84.8 Å². The van der Waals surface area contributed by atoms with Crippen LogP contribution < -0.4 is 26.0 Å². The Kier molecular flexibility index (Phi) is 5.24. The third-order valence-electron chi connectivity index (χ3n) is 5.18. The highest BCUT2D eigenvalue weighted by molar-refractivity contribution is 5.70. The summed E-state index contributed by atoms with van der Waals surface area (Å²) in [6, 6.07) is 23.9. The molecule has 0 bridgehead atoms. The first-order valence-corrected chi connectivity index (χ1v) is 9.62. The van der Waals surface area contributed by atoms with Gasteiger partial charge in [-0.1, -0.05) is 24.3 Å². The van der Waals surface area contributed by atoms with Crippen LogP contribution in [0.3, 0.4) is 0 Å². The van der Waals surface area contributed by atoms with Gasteiger partial charge in [-0.05, 0) is 59.7 Å². The van der Waals surface area contributed by atoms with Crippen molar-refractivity contribution in [2.24, 2.45) is 5.73 Å². The van der Waals surface area contributed by atoms with E-state index >= 15 is 0 Å². The molecule has 0 aromatic heterocycles. The monoisotopic (exact) mass is 388 g/mol. The number of nitrogens with zero attached hydrogens (tertiary/aromatic N) is 2. The lowest BCUT2D eigenvalue weighted by Gasteiger charge is -2.37. The van der Waals surface area contributed by atoms with Gasteiger partial charge in [-0.2, -0.15) is 0 Å². The average Bonchev–Trinajstić information content (AvgIpc) is 2.75. The molecule has 3 aromatic carbocycles. The molecule has 1 aliphatic rings. The van der Waals surface area contributed by atoms with Crippen LogP contribution >= 0.6 is 0 Å². The Bertz CT molecular complexity index is 961. The maximum absolute atomic E-state index is 10.8. The molecule has 6 heteroatoms. The number of nitrogen functional groups attached to an aromatic ring is 1. The summed E-state index contributed by atoms with van der Waals surface area (Å²) < 4.78 is 4.87. The molecule has 1 saturated heterocycles. The lowest BCUT2D eigenvalue weighted by molar-refractivity contribution is 0.211. The minimum atomic E-state index is -0.807. The van der Waals surface area contributed by atoms with E-state index < -0.39 is 6.09 Å². The standard InChI is InChI=1S/C23H24N4O2/c24-19-5-9-21(10-6-19)27-15-13-26(14-16-27)20-7-1-17(2-8-20)18-3-11-22(12-4-18)29-23(25)28/h1-12H,13-16,24H2,(H2,25,28). The van der Waals surface area contributed by atoms with E-state index in [1.54, 1.807) is 12.1 Å². The number of piperazine rings is 1. The molecule has 4 rings (SSSR count). The molecule has 1 amide bonds. The number of carbonyl (C=O) groups excluding carboxylic acids is 1. The van der Waals surface area contributed by atoms with E-state index in [1.165, 1.54) is 11.4 Å². The molecule has 6 nitrogen and oxygen atoms in total. The van der Waals surface area contributed by atoms with E-state index in [1.807, 2.05) is 24.3 Å². The smallest absolute Gasteiger partial charge is 0.409 e. The van der Waals surface area contributed by atoms with Crippen molar-refractivity contribution in [1.29, 1.82) is 0 Å². The van der Waals surface area contributed by atoms with E-state index in [-0.39, 0.29) is 0 Å². The van der Waals surface area contributed by atoms with Crippen molar-refractivity contribution in [1.82, 2.24) is 0 Å². The number of anilines is 3. The summed E-state index contributed by atoms with van der Waals surface area (Å²) in [5.74, 6) is 0.442. The third-order valence-corrected chi connectivity index (χ3v) is 5.18. The molecular weight excluding hydrogens is 364 g/mol. The van der Waals surface area contributed by atoms with Crippen molar-refractivity contribution in [2.75, 3.05) is 41.7 Å². The lowest BCUT2D eigenvalue weighted by atomic mass is 10.0. The van der Waals surface area contributed by atoms with Crippen molar-refractivity contribution >= 4 is 23.2 Å². The number of hydrogen-bond donors (Lipinski definition) is 2. The summed E-state index contributed by atoms with van der Waals surface area (Å²) in [5, 5.41) is 0. The van der Waals surface area contributed by atoms with Gasteiger partial charge in [-0.3, -0.25) is 0 Å². The zero-order chi connectivity index (χ0) is 20.2. The molecule has 0 saturated carbocycles. The van der Waals surface area contributed by atoms with Crippen molar-refractivity contribution in [3.8, 4) is 16.9 Å². The maximum atomic E-state index is 10.8. The first-order valence-electron chi connectivity index (χ1n) is 9.62.